The van der Waals surface area contributed by atoms with Crippen molar-refractivity contribution in [2.24, 2.45) is 0 Å². The van der Waals surface area contributed by atoms with Gasteiger partial charge in [-0.25, -0.2) is 0 Å². The van der Waals surface area contributed by atoms with Gasteiger partial charge in [-0.2, -0.15) is 5.26 Å². The minimum absolute atomic E-state index is 0.276. The molecule has 0 aliphatic heterocycles. The van der Waals surface area contributed by atoms with Crippen LogP contribution in [0.15, 0.2) is 18.2 Å². The van der Waals surface area contributed by atoms with Crippen LogP contribution in [0.25, 0.3) is 0 Å². The SMILES string of the molecule is CC(C)(C)Oc1ccc(C#N)cc1N. The molecule has 0 aliphatic rings. The van der Waals surface area contributed by atoms with Crippen molar-refractivity contribution in [3.63, 3.8) is 0 Å². The number of hydrogen-bond donors (Lipinski definition) is 1. The van der Waals surface area contributed by atoms with E-state index in [0.29, 0.717) is 17.0 Å². The van der Waals surface area contributed by atoms with Crippen molar-refractivity contribution in [1.82, 2.24) is 0 Å². The summed E-state index contributed by atoms with van der Waals surface area (Å²) in [5, 5.41) is 8.64. The summed E-state index contributed by atoms with van der Waals surface area (Å²) < 4.78 is 5.60. The highest BCUT2D eigenvalue weighted by Crippen LogP contribution is 2.25. The number of benzene rings is 1. The molecule has 2 N–H and O–H groups in total. The predicted octanol–water partition coefficient (Wildman–Crippen LogP) is 2.32. The Hall–Kier alpha value is -1.69. The van der Waals surface area contributed by atoms with E-state index in [1.54, 1.807) is 18.2 Å². The molecule has 0 heterocycles. The van der Waals surface area contributed by atoms with Crippen molar-refractivity contribution in [3.8, 4) is 11.8 Å². The van der Waals surface area contributed by atoms with E-state index in [1.807, 2.05) is 26.8 Å². The highest BCUT2D eigenvalue weighted by molar-refractivity contribution is 5.56. The lowest BCUT2D eigenvalue weighted by Crippen LogP contribution is -2.23. The van der Waals surface area contributed by atoms with Crippen LogP contribution in [0.2, 0.25) is 0 Å². The Bertz CT molecular complexity index is 372. The van der Waals surface area contributed by atoms with Gasteiger partial charge in [0.2, 0.25) is 0 Å². The number of nitrogens with zero attached hydrogens (tertiary/aromatic N) is 1. The smallest absolute Gasteiger partial charge is 0.143 e. The van der Waals surface area contributed by atoms with E-state index in [2.05, 4.69) is 0 Å². The standard InChI is InChI=1S/C11H14N2O/c1-11(2,3)14-10-5-4-8(7-12)6-9(10)13/h4-6H,13H2,1-3H3. The maximum atomic E-state index is 8.64. The second-order valence-corrected chi connectivity index (χ2v) is 4.08. The number of nitrogen functional groups attached to an aromatic ring is 1. The summed E-state index contributed by atoms with van der Waals surface area (Å²) in [6.07, 6.45) is 0. The topological polar surface area (TPSA) is 59.0 Å². The number of hydrogen-bond acceptors (Lipinski definition) is 3. The first kappa shape index (κ1) is 10.4. The Kier molecular flexibility index (Phi) is 2.66. The summed E-state index contributed by atoms with van der Waals surface area (Å²) in [5.41, 5.74) is 6.50. The molecule has 0 atom stereocenters. The van der Waals surface area contributed by atoms with Gasteiger partial charge in [0.15, 0.2) is 0 Å². The number of nitriles is 1. The van der Waals surface area contributed by atoms with Crippen molar-refractivity contribution < 1.29 is 4.74 Å². The highest BCUT2D eigenvalue weighted by atomic mass is 16.5. The molecule has 0 aromatic heterocycles. The van der Waals surface area contributed by atoms with Crippen LogP contribution in [0.1, 0.15) is 26.3 Å². The van der Waals surface area contributed by atoms with Gasteiger partial charge >= 0.3 is 0 Å². The lowest BCUT2D eigenvalue weighted by atomic mass is 10.1. The molecule has 0 aliphatic carbocycles. The quantitative estimate of drug-likeness (QED) is 0.691. The molecule has 0 saturated carbocycles. The zero-order chi connectivity index (χ0) is 10.8. The molecule has 14 heavy (non-hydrogen) atoms. The Labute approximate surface area is 84.1 Å². The first-order chi connectivity index (χ1) is 6.42. The van der Waals surface area contributed by atoms with Gasteiger partial charge < -0.3 is 10.5 Å². The fourth-order valence-corrected chi connectivity index (χ4v) is 1.04. The summed E-state index contributed by atoms with van der Waals surface area (Å²) in [6.45, 7) is 5.85. The fraction of sp³-hybridized carbons (Fsp3) is 0.364. The highest BCUT2D eigenvalue weighted by Gasteiger charge is 2.13. The second-order valence-electron chi connectivity index (χ2n) is 4.08. The summed E-state index contributed by atoms with van der Waals surface area (Å²) in [6, 6.07) is 7.05. The van der Waals surface area contributed by atoms with Crippen molar-refractivity contribution in [2.45, 2.75) is 26.4 Å². The molecule has 1 rings (SSSR count). The van der Waals surface area contributed by atoms with Gasteiger partial charge in [-0.1, -0.05) is 0 Å². The van der Waals surface area contributed by atoms with Gasteiger partial charge in [0.05, 0.1) is 17.3 Å². The molecule has 0 fully saturated rings. The van der Waals surface area contributed by atoms with Crippen LogP contribution in [-0.2, 0) is 0 Å². The monoisotopic (exact) mass is 190 g/mol. The number of anilines is 1. The number of ether oxygens (including phenoxy) is 1. The molecule has 3 heteroatoms. The summed E-state index contributed by atoms with van der Waals surface area (Å²) in [7, 11) is 0. The van der Waals surface area contributed by atoms with Gasteiger partial charge in [-0.05, 0) is 39.0 Å². The molecule has 74 valence electrons. The summed E-state index contributed by atoms with van der Waals surface area (Å²) in [4.78, 5) is 0. The Morgan fingerprint density at radius 3 is 2.43 bits per heavy atom. The molecule has 0 radical (unpaired) electrons. The van der Waals surface area contributed by atoms with E-state index in [1.165, 1.54) is 0 Å². The molecule has 1 aromatic rings. The third-order valence-electron chi connectivity index (χ3n) is 1.56. The van der Waals surface area contributed by atoms with Gasteiger partial charge in [0.25, 0.3) is 0 Å². The lowest BCUT2D eigenvalue weighted by molar-refractivity contribution is 0.132. The summed E-state index contributed by atoms with van der Waals surface area (Å²) in [5.74, 6) is 0.622. The van der Waals surface area contributed by atoms with Gasteiger partial charge in [-0.15, -0.1) is 0 Å². The van der Waals surface area contributed by atoms with E-state index in [-0.39, 0.29) is 5.60 Å². The number of rotatable bonds is 1. The molecule has 0 amide bonds. The van der Waals surface area contributed by atoms with Crippen molar-refractivity contribution in [1.29, 1.82) is 5.26 Å². The minimum atomic E-state index is -0.276. The molecule has 3 nitrogen and oxygen atoms in total. The van der Waals surface area contributed by atoms with Crippen LogP contribution in [0.3, 0.4) is 0 Å². The largest absolute Gasteiger partial charge is 0.486 e. The average Bonchev–Trinajstić information content (AvgIpc) is 2.06. The number of nitrogens with two attached hydrogens (primary N) is 1. The molecule has 0 saturated heterocycles. The maximum absolute atomic E-state index is 8.64. The van der Waals surface area contributed by atoms with Crippen LogP contribution in [0.5, 0.6) is 5.75 Å². The first-order valence-electron chi connectivity index (χ1n) is 4.41. The van der Waals surface area contributed by atoms with E-state index in [4.69, 9.17) is 15.7 Å². The Morgan fingerprint density at radius 2 is 2.00 bits per heavy atom. The van der Waals surface area contributed by atoms with Gasteiger partial charge in [-0.3, -0.25) is 0 Å². The lowest BCUT2D eigenvalue weighted by Gasteiger charge is -2.22. The van der Waals surface area contributed by atoms with E-state index in [9.17, 15) is 0 Å². The molecular formula is C11H14N2O. The second kappa shape index (κ2) is 3.59. The summed E-state index contributed by atoms with van der Waals surface area (Å²) >= 11 is 0. The van der Waals surface area contributed by atoms with Crippen LogP contribution < -0.4 is 10.5 Å². The normalized spacial score (nSPS) is 10.7. The van der Waals surface area contributed by atoms with Crippen LogP contribution in [0.4, 0.5) is 5.69 Å². The maximum Gasteiger partial charge on any atom is 0.143 e. The van der Waals surface area contributed by atoms with Gasteiger partial charge in [0.1, 0.15) is 11.4 Å². The third kappa shape index (κ3) is 2.67. The van der Waals surface area contributed by atoms with Crippen molar-refractivity contribution >= 4 is 5.69 Å². The molecular weight excluding hydrogens is 176 g/mol. The average molecular weight is 190 g/mol. The minimum Gasteiger partial charge on any atom is -0.486 e. The Balaban J connectivity index is 2.97. The third-order valence-corrected chi connectivity index (χ3v) is 1.56. The van der Waals surface area contributed by atoms with Gasteiger partial charge in [0, 0.05) is 0 Å². The fourth-order valence-electron chi connectivity index (χ4n) is 1.04. The molecule has 0 spiro atoms. The first-order valence-corrected chi connectivity index (χ1v) is 4.41. The zero-order valence-corrected chi connectivity index (χ0v) is 8.66. The van der Waals surface area contributed by atoms with E-state index in [0.717, 1.165) is 0 Å². The van der Waals surface area contributed by atoms with Crippen LogP contribution in [0, 0.1) is 11.3 Å². The van der Waals surface area contributed by atoms with Crippen molar-refractivity contribution in [3.05, 3.63) is 23.8 Å². The van der Waals surface area contributed by atoms with E-state index >= 15 is 0 Å². The van der Waals surface area contributed by atoms with Crippen LogP contribution in [-0.4, -0.2) is 5.60 Å². The zero-order valence-electron chi connectivity index (χ0n) is 8.66. The van der Waals surface area contributed by atoms with Crippen LogP contribution >= 0.6 is 0 Å². The predicted molar refractivity (Wildman–Crippen MR) is 56.0 cm³/mol. The van der Waals surface area contributed by atoms with E-state index < -0.39 is 0 Å². The molecule has 1 aromatic carbocycles. The van der Waals surface area contributed by atoms with Crippen molar-refractivity contribution in [2.75, 3.05) is 5.73 Å². The molecule has 0 bridgehead atoms. The Morgan fingerprint density at radius 1 is 1.36 bits per heavy atom. The molecule has 0 unspecified atom stereocenters.